The monoisotopic (exact) mass is 340 g/mol. The van der Waals surface area contributed by atoms with Crippen molar-refractivity contribution in [1.82, 2.24) is 0 Å². The predicted octanol–water partition coefficient (Wildman–Crippen LogP) is 3.76. The van der Waals surface area contributed by atoms with Crippen LogP contribution in [0.15, 0.2) is 55.1 Å². The largest absolute Gasteiger partial charge is 0.504 e. The molecule has 0 aliphatic heterocycles. The van der Waals surface area contributed by atoms with Gasteiger partial charge in [-0.05, 0) is 47.9 Å². The van der Waals surface area contributed by atoms with E-state index >= 15 is 0 Å². The molecule has 0 heterocycles. The fourth-order valence-electron chi connectivity index (χ4n) is 2.19. The van der Waals surface area contributed by atoms with Crippen LogP contribution in [-0.2, 0) is 11.2 Å². The zero-order chi connectivity index (χ0) is 18.2. The van der Waals surface area contributed by atoms with Crippen LogP contribution in [0.5, 0.6) is 23.0 Å². The third-order valence-corrected chi connectivity index (χ3v) is 3.43. The minimum absolute atomic E-state index is 0.0339. The SMILES string of the molecule is C=CCc1ccc(OC(=O)C=Cc2ccc(O)c(OC)c2)c(OC)c1. The Morgan fingerprint density at radius 1 is 1.08 bits per heavy atom. The summed E-state index contributed by atoms with van der Waals surface area (Å²) in [7, 11) is 2.97. The Labute approximate surface area is 146 Å². The van der Waals surface area contributed by atoms with Gasteiger partial charge in [-0.1, -0.05) is 18.2 Å². The molecule has 1 N–H and O–H groups in total. The molecular weight excluding hydrogens is 320 g/mol. The first-order chi connectivity index (χ1) is 12.1. The summed E-state index contributed by atoms with van der Waals surface area (Å²) in [5.41, 5.74) is 1.71. The van der Waals surface area contributed by atoms with Gasteiger partial charge in [0.15, 0.2) is 23.0 Å². The van der Waals surface area contributed by atoms with Crippen LogP contribution in [0.4, 0.5) is 0 Å². The summed E-state index contributed by atoms with van der Waals surface area (Å²) in [4.78, 5) is 12.0. The Morgan fingerprint density at radius 2 is 1.84 bits per heavy atom. The maximum Gasteiger partial charge on any atom is 0.336 e. The van der Waals surface area contributed by atoms with Crippen molar-refractivity contribution >= 4 is 12.0 Å². The maximum absolute atomic E-state index is 12.0. The molecule has 0 radical (unpaired) electrons. The lowest BCUT2D eigenvalue weighted by Gasteiger charge is -2.09. The van der Waals surface area contributed by atoms with Crippen molar-refractivity contribution in [2.75, 3.05) is 14.2 Å². The van der Waals surface area contributed by atoms with Crippen molar-refractivity contribution in [3.8, 4) is 23.0 Å². The van der Waals surface area contributed by atoms with Crippen LogP contribution in [0.1, 0.15) is 11.1 Å². The number of benzene rings is 2. The van der Waals surface area contributed by atoms with Gasteiger partial charge >= 0.3 is 5.97 Å². The molecule has 0 atom stereocenters. The Balaban J connectivity index is 2.10. The first kappa shape index (κ1) is 18.1. The molecule has 0 bridgehead atoms. The number of hydrogen-bond donors (Lipinski definition) is 1. The minimum Gasteiger partial charge on any atom is -0.504 e. The van der Waals surface area contributed by atoms with Crippen molar-refractivity contribution < 1.29 is 24.1 Å². The second kappa shape index (κ2) is 8.59. The van der Waals surface area contributed by atoms with Gasteiger partial charge < -0.3 is 19.3 Å². The molecule has 0 spiro atoms. The molecule has 0 amide bonds. The van der Waals surface area contributed by atoms with Gasteiger partial charge in [-0.15, -0.1) is 6.58 Å². The average Bonchev–Trinajstić information content (AvgIpc) is 2.62. The molecule has 2 aromatic carbocycles. The van der Waals surface area contributed by atoms with E-state index in [1.807, 2.05) is 6.07 Å². The number of esters is 1. The van der Waals surface area contributed by atoms with E-state index in [9.17, 15) is 9.90 Å². The van der Waals surface area contributed by atoms with Gasteiger partial charge in [0.05, 0.1) is 14.2 Å². The molecule has 2 aromatic rings. The standard InChI is InChI=1S/C20H20O5/c1-4-5-14-7-10-17(19(13-14)24-3)25-20(22)11-8-15-6-9-16(21)18(12-15)23-2/h4,6-13,21H,1,5H2,2-3H3. The molecule has 130 valence electrons. The summed E-state index contributed by atoms with van der Waals surface area (Å²) in [6.07, 6.45) is 5.36. The number of allylic oxidation sites excluding steroid dienone is 1. The Hall–Kier alpha value is -3.21. The van der Waals surface area contributed by atoms with Gasteiger partial charge in [0.25, 0.3) is 0 Å². The quantitative estimate of drug-likeness (QED) is 0.360. The topological polar surface area (TPSA) is 65.0 Å². The molecule has 0 unspecified atom stereocenters. The van der Waals surface area contributed by atoms with Gasteiger partial charge in [0.2, 0.25) is 0 Å². The summed E-state index contributed by atoms with van der Waals surface area (Å²) >= 11 is 0. The van der Waals surface area contributed by atoms with Crippen LogP contribution in [0, 0.1) is 0 Å². The Morgan fingerprint density at radius 3 is 2.52 bits per heavy atom. The van der Waals surface area contributed by atoms with Crippen LogP contribution in [0.3, 0.4) is 0 Å². The lowest BCUT2D eigenvalue weighted by molar-refractivity contribution is -0.129. The molecule has 0 saturated heterocycles. The molecule has 0 fully saturated rings. The van der Waals surface area contributed by atoms with Crippen LogP contribution in [0.2, 0.25) is 0 Å². The highest BCUT2D eigenvalue weighted by atomic mass is 16.6. The first-order valence-corrected chi connectivity index (χ1v) is 7.62. The highest BCUT2D eigenvalue weighted by molar-refractivity contribution is 5.89. The van der Waals surface area contributed by atoms with E-state index in [1.54, 1.807) is 36.4 Å². The van der Waals surface area contributed by atoms with E-state index in [-0.39, 0.29) is 5.75 Å². The lowest BCUT2D eigenvalue weighted by Crippen LogP contribution is -2.05. The zero-order valence-electron chi connectivity index (χ0n) is 14.2. The first-order valence-electron chi connectivity index (χ1n) is 7.62. The molecule has 0 aliphatic rings. The van der Waals surface area contributed by atoms with E-state index in [0.29, 0.717) is 29.2 Å². The van der Waals surface area contributed by atoms with E-state index in [4.69, 9.17) is 14.2 Å². The highest BCUT2D eigenvalue weighted by Gasteiger charge is 2.09. The van der Waals surface area contributed by atoms with Crippen molar-refractivity contribution in [1.29, 1.82) is 0 Å². The fourth-order valence-corrected chi connectivity index (χ4v) is 2.19. The van der Waals surface area contributed by atoms with Crippen LogP contribution < -0.4 is 14.2 Å². The highest BCUT2D eigenvalue weighted by Crippen LogP contribution is 2.29. The second-order valence-electron chi connectivity index (χ2n) is 5.16. The maximum atomic E-state index is 12.0. The molecule has 0 aromatic heterocycles. The number of phenolic OH excluding ortho intramolecular Hbond substituents is 1. The van der Waals surface area contributed by atoms with Crippen LogP contribution in [-0.4, -0.2) is 25.3 Å². The summed E-state index contributed by atoms with van der Waals surface area (Å²) in [5.74, 6) is 0.643. The fraction of sp³-hybridized carbons (Fsp3) is 0.150. The third-order valence-electron chi connectivity index (χ3n) is 3.43. The summed E-state index contributed by atoms with van der Waals surface area (Å²) in [6, 6.07) is 10.1. The number of phenols is 1. The van der Waals surface area contributed by atoms with Gasteiger partial charge in [0.1, 0.15) is 0 Å². The summed E-state index contributed by atoms with van der Waals surface area (Å²) in [6.45, 7) is 3.69. The van der Waals surface area contributed by atoms with Gasteiger partial charge in [0, 0.05) is 6.08 Å². The van der Waals surface area contributed by atoms with Gasteiger partial charge in [-0.25, -0.2) is 4.79 Å². The summed E-state index contributed by atoms with van der Waals surface area (Å²) in [5, 5.41) is 9.56. The van der Waals surface area contributed by atoms with E-state index in [0.717, 1.165) is 5.56 Å². The zero-order valence-corrected chi connectivity index (χ0v) is 14.2. The van der Waals surface area contributed by atoms with E-state index in [1.165, 1.54) is 26.4 Å². The number of hydrogen-bond acceptors (Lipinski definition) is 5. The number of carbonyl (C=O) groups is 1. The van der Waals surface area contributed by atoms with E-state index in [2.05, 4.69) is 6.58 Å². The van der Waals surface area contributed by atoms with Gasteiger partial charge in [-0.3, -0.25) is 0 Å². The smallest absolute Gasteiger partial charge is 0.336 e. The number of aromatic hydroxyl groups is 1. The van der Waals surface area contributed by atoms with Crippen molar-refractivity contribution in [2.24, 2.45) is 0 Å². The number of carbonyl (C=O) groups excluding carboxylic acids is 1. The predicted molar refractivity (Wildman–Crippen MR) is 96.2 cm³/mol. The van der Waals surface area contributed by atoms with Crippen molar-refractivity contribution in [3.63, 3.8) is 0 Å². The molecule has 5 heteroatoms. The Bertz CT molecular complexity index is 793. The van der Waals surface area contributed by atoms with Crippen LogP contribution >= 0.6 is 0 Å². The molecule has 0 saturated carbocycles. The van der Waals surface area contributed by atoms with Crippen molar-refractivity contribution in [2.45, 2.75) is 6.42 Å². The molecule has 0 aliphatic carbocycles. The van der Waals surface area contributed by atoms with Crippen molar-refractivity contribution in [3.05, 3.63) is 66.3 Å². The molecular formula is C20H20O5. The number of ether oxygens (including phenoxy) is 3. The lowest BCUT2D eigenvalue weighted by atomic mass is 10.1. The minimum atomic E-state index is -0.540. The molecule has 25 heavy (non-hydrogen) atoms. The van der Waals surface area contributed by atoms with Gasteiger partial charge in [-0.2, -0.15) is 0 Å². The third kappa shape index (κ3) is 4.88. The average molecular weight is 340 g/mol. The normalized spacial score (nSPS) is 10.5. The molecule has 5 nitrogen and oxygen atoms in total. The Kier molecular flexibility index (Phi) is 6.23. The van der Waals surface area contributed by atoms with E-state index < -0.39 is 5.97 Å². The number of methoxy groups -OCH3 is 2. The number of rotatable bonds is 7. The van der Waals surface area contributed by atoms with Crippen LogP contribution in [0.25, 0.3) is 6.08 Å². The second-order valence-corrected chi connectivity index (χ2v) is 5.16. The summed E-state index contributed by atoms with van der Waals surface area (Å²) < 4.78 is 15.6. The molecule has 2 rings (SSSR count).